The van der Waals surface area contributed by atoms with E-state index in [9.17, 15) is 9.59 Å². The largest absolute Gasteiger partial charge is 0.496 e. The summed E-state index contributed by atoms with van der Waals surface area (Å²) in [6.07, 6.45) is 0. The maximum Gasteiger partial charge on any atom is 0.339 e. The zero-order valence-corrected chi connectivity index (χ0v) is 13.7. The molecular weight excluding hydrogens is 314 g/mol. The molecule has 0 atom stereocenters. The van der Waals surface area contributed by atoms with Gasteiger partial charge in [0.15, 0.2) is 6.61 Å². The van der Waals surface area contributed by atoms with Gasteiger partial charge in [-0.25, -0.2) is 4.79 Å². The minimum absolute atomic E-state index is 0.0872. The summed E-state index contributed by atoms with van der Waals surface area (Å²) in [6.45, 7) is 3.38. The summed E-state index contributed by atoms with van der Waals surface area (Å²) in [7, 11) is 1.59. The summed E-state index contributed by atoms with van der Waals surface area (Å²) in [4.78, 5) is 22.7. The van der Waals surface area contributed by atoms with Crippen LogP contribution in [0.5, 0.6) is 11.5 Å². The second-order valence-electron chi connectivity index (χ2n) is 5.18. The first-order chi connectivity index (χ1) is 11.4. The first-order valence-electron chi connectivity index (χ1n) is 7.27. The van der Waals surface area contributed by atoms with Crippen molar-refractivity contribution in [3.63, 3.8) is 0 Å². The maximum atomic E-state index is 11.8. The molecule has 24 heavy (non-hydrogen) atoms. The molecule has 0 aliphatic carbocycles. The number of carbonyl (C=O) groups is 2. The van der Waals surface area contributed by atoms with Gasteiger partial charge in [0.1, 0.15) is 28.6 Å². The second kappa shape index (κ2) is 7.54. The van der Waals surface area contributed by atoms with Crippen molar-refractivity contribution in [1.82, 2.24) is 5.32 Å². The number of carboxylic acids is 1. The summed E-state index contributed by atoms with van der Waals surface area (Å²) in [5.74, 6) is 0.580. The standard InChI is InChI=1S/C17H19NO6/c1-10-6-12(4-5-15(10)22-3)23-9-16(19)18-8-13-7-14(17(20)21)11(2)24-13/h4-7H,8-9H2,1-3H3,(H,18,19)(H,20,21). The predicted molar refractivity (Wildman–Crippen MR) is 85.5 cm³/mol. The van der Waals surface area contributed by atoms with Gasteiger partial charge in [-0.3, -0.25) is 4.79 Å². The molecule has 7 heteroatoms. The highest BCUT2D eigenvalue weighted by Gasteiger charge is 2.14. The Balaban J connectivity index is 1.84. The molecular formula is C17H19NO6. The second-order valence-corrected chi connectivity index (χ2v) is 5.18. The van der Waals surface area contributed by atoms with Crippen LogP contribution in [0.4, 0.5) is 0 Å². The lowest BCUT2D eigenvalue weighted by Crippen LogP contribution is -2.28. The van der Waals surface area contributed by atoms with Gasteiger partial charge in [0.25, 0.3) is 5.91 Å². The van der Waals surface area contributed by atoms with E-state index in [1.165, 1.54) is 6.07 Å². The molecule has 128 valence electrons. The predicted octanol–water partition coefficient (Wildman–Crippen LogP) is 2.30. The zero-order chi connectivity index (χ0) is 17.7. The van der Waals surface area contributed by atoms with Crippen molar-refractivity contribution in [3.8, 4) is 11.5 Å². The van der Waals surface area contributed by atoms with Gasteiger partial charge in [-0.15, -0.1) is 0 Å². The molecule has 0 fully saturated rings. The number of carbonyl (C=O) groups excluding carboxylic acids is 1. The molecule has 0 spiro atoms. The van der Waals surface area contributed by atoms with E-state index < -0.39 is 5.97 Å². The van der Waals surface area contributed by atoms with Crippen LogP contribution in [-0.4, -0.2) is 30.7 Å². The van der Waals surface area contributed by atoms with E-state index in [2.05, 4.69) is 5.32 Å². The number of ether oxygens (including phenoxy) is 2. The van der Waals surface area contributed by atoms with Crippen molar-refractivity contribution in [2.24, 2.45) is 0 Å². The minimum atomic E-state index is -1.06. The smallest absolute Gasteiger partial charge is 0.339 e. The summed E-state index contributed by atoms with van der Waals surface area (Å²) in [5, 5.41) is 11.6. The van der Waals surface area contributed by atoms with Gasteiger partial charge in [-0.2, -0.15) is 0 Å². The molecule has 1 heterocycles. The number of hydrogen-bond donors (Lipinski definition) is 2. The Morgan fingerprint density at radius 1 is 1.25 bits per heavy atom. The van der Waals surface area contributed by atoms with Crippen LogP contribution >= 0.6 is 0 Å². The SMILES string of the molecule is COc1ccc(OCC(=O)NCc2cc(C(=O)O)c(C)o2)cc1C. The Labute approximate surface area is 139 Å². The van der Waals surface area contributed by atoms with Gasteiger partial charge in [0.2, 0.25) is 0 Å². The third-order valence-corrected chi connectivity index (χ3v) is 3.40. The summed E-state index contributed by atoms with van der Waals surface area (Å²) >= 11 is 0. The molecule has 7 nitrogen and oxygen atoms in total. The van der Waals surface area contributed by atoms with Gasteiger partial charge in [0.05, 0.1) is 13.7 Å². The number of amides is 1. The Kier molecular flexibility index (Phi) is 5.47. The van der Waals surface area contributed by atoms with Gasteiger partial charge >= 0.3 is 5.97 Å². The monoisotopic (exact) mass is 333 g/mol. The number of carboxylic acid groups (broad SMARTS) is 1. The number of benzene rings is 1. The van der Waals surface area contributed by atoms with E-state index in [-0.39, 0.29) is 24.6 Å². The molecule has 1 aromatic heterocycles. The molecule has 0 aliphatic heterocycles. The Morgan fingerprint density at radius 2 is 2.00 bits per heavy atom. The lowest BCUT2D eigenvalue weighted by atomic mass is 10.2. The highest BCUT2D eigenvalue weighted by Crippen LogP contribution is 2.22. The summed E-state index contributed by atoms with van der Waals surface area (Å²) in [6, 6.07) is 6.66. The fourth-order valence-corrected chi connectivity index (χ4v) is 2.17. The van der Waals surface area contributed by atoms with Crippen LogP contribution in [-0.2, 0) is 11.3 Å². The fourth-order valence-electron chi connectivity index (χ4n) is 2.17. The van der Waals surface area contributed by atoms with Crippen LogP contribution in [0.3, 0.4) is 0 Å². The molecule has 1 amide bonds. The number of aryl methyl sites for hydroxylation is 2. The first kappa shape index (κ1) is 17.4. The van der Waals surface area contributed by atoms with E-state index in [1.54, 1.807) is 32.2 Å². The molecule has 0 saturated heterocycles. The fraction of sp³-hybridized carbons (Fsp3) is 0.294. The molecule has 0 unspecified atom stereocenters. The number of furan rings is 1. The lowest BCUT2D eigenvalue weighted by molar-refractivity contribution is -0.123. The van der Waals surface area contributed by atoms with E-state index >= 15 is 0 Å². The normalized spacial score (nSPS) is 10.3. The van der Waals surface area contributed by atoms with Crippen LogP contribution in [0.2, 0.25) is 0 Å². The molecule has 1 aromatic carbocycles. The summed E-state index contributed by atoms with van der Waals surface area (Å²) < 4.78 is 15.8. The Hall–Kier alpha value is -2.96. The van der Waals surface area contributed by atoms with E-state index in [0.717, 1.165) is 11.3 Å². The van der Waals surface area contributed by atoms with Crippen molar-refractivity contribution in [2.45, 2.75) is 20.4 Å². The number of methoxy groups -OCH3 is 1. The molecule has 2 N–H and O–H groups in total. The zero-order valence-electron chi connectivity index (χ0n) is 13.7. The van der Waals surface area contributed by atoms with Gasteiger partial charge < -0.3 is 24.3 Å². The van der Waals surface area contributed by atoms with Crippen LogP contribution in [0.25, 0.3) is 0 Å². The van der Waals surface area contributed by atoms with Gasteiger partial charge in [0, 0.05) is 0 Å². The topological polar surface area (TPSA) is 98.0 Å². The summed E-state index contributed by atoms with van der Waals surface area (Å²) in [5.41, 5.74) is 0.992. The Bertz CT molecular complexity index is 750. The Morgan fingerprint density at radius 3 is 2.58 bits per heavy atom. The van der Waals surface area contributed by atoms with Crippen molar-refractivity contribution >= 4 is 11.9 Å². The van der Waals surface area contributed by atoms with Crippen molar-refractivity contribution in [1.29, 1.82) is 0 Å². The quantitative estimate of drug-likeness (QED) is 0.807. The van der Waals surface area contributed by atoms with Gasteiger partial charge in [-0.05, 0) is 43.7 Å². The molecule has 0 radical (unpaired) electrons. The number of hydrogen-bond acceptors (Lipinski definition) is 5. The van der Waals surface area contributed by atoms with E-state index in [1.807, 2.05) is 6.92 Å². The van der Waals surface area contributed by atoms with Crippen LogP contribution in [0.1, 0.15) is 27.4 Å². The van der Waals surface area contributed by atoms with Crippen molar-refractivity contribution in [2.75, 3.05) is 13.7 Å². The third-order valence-electron chi connectivity index (χ3n) is 3.40. The number of nitrogens with one attached hydrogen (secondary N) is 1. The lowest BCUT2D eigenvalue weighted by Gasteiger charge is -2.09. The highest BCUT2D eigenvalue weighted by atomic mass is 16.5. The average Bonchev–Trinajstić information content (AvgIpc) is 2.92. The first-order valence-corrected chi connectivity index (χ1v) is 7.27. The highest BCUT2D eigenvalue weighted by molar-refractivity contribution is 5.88. The number of rotatable bonds is 7. The maximum absolute atomic E-state index is 11.8. The average molecular weight is 333 g/mol. The molecule has 0 aliphatic rings. The van der Waals surface area contributed by atoms with Crippen LogP contribution < -0.4 is 14.8 Å². The third kappa shape index (κ3) is 4.28. The van der Waals surface area contributed by atoms with Crippen LogP contribution in [0.15, 0.2) is 28.7 Å². The van der Waals surface area contributed by atoms with Gasteiger partial charge in [-0.1, -0.05) is 0 Å². The van der Waals surface area contributed by atoms with Crippen molar-refractivity contribution < 1.29 is 28.6 Å². The van der Waals surface area contributed by atoms with Crippen LogP contribution in [0, 0.1) is 13.8 Å². The molecule has 0 bridgehead atoms. The van der Waals surface area contributed by atoms with E-state index in [4.69, 9.17) is 19.0 Å². The molecule has 2 aromatic rings. The van der Waals surface area contributed by atoms with Crippen molar-refractivity contribution in [3.05, 3.63) is 46.9 Å². The molecule has 0 saturated carbocycles. The molecule has 2 rings (SSSR count). The van der Waals surface area contributed by atoms with E-state index in [0.29, 0.717) is 17.3 Å². The minimum Gasteiger partial charge on any atom is -0.496 e. The number of aromatic carboxylic acids is 1.